The van der Waals surface area contributed by atoms with Crippen molar-refractivity contribution in [3.8, 4) is 0 Å². The van der Waals surface area contributed by atoms with Gasteiger partial charge in [0.1, 0.15) is 5.82 Å². The molecule has 0 bridgehead atoms. The van der Waals surface area contributed by atoms with Gasteiger partial charge in [0.25, 0.3) is 0 Å². The molecule has 1 N–H and O–H groups in total. The van der Waals surface area contributed by atoms with Crippen LogP contribution in [0.4, 0.5) is 4.39 Å². The summed E-state index contributed by atoms with van der Waals surface area (Å²) >= 11 is 0. The maximum absolute atomic E-state index is 13.0. The average Bonchev–Trinajstić information content (AvgIpc) is 2.17. The summed E-state index contributed by atoms with van der Waals surface area (Å²) in [5, 5.41) is 9.11. The van der Waals surface area contributed by atoms with Gasteiger partial charge in [-0.15, -0.1) is 0 Å². The van der Waals surface area contributed by atoms with E-state index in [-0.39, 0.29) is 5.82 Å². The smallest absolute Gasteiger partial charge is 0.310 e. The summed E-state index contributed by atoms with van der Waals surface area (Å²) in [6.45, 7) is 4.09. The van der Waals surface area contributed by atoms with Crippen molar-refractivity contribution in [2.24, 2.45) is 5.92 Å². The van der Waals surface area contributed by atoms with E-state index in [1.165, 1.54) is 12.1 Å². The van der Waals surface area contributed by atoms with Crippen LogP contribution in [0, 0.1) is 11.7 Å². The first-order valence-electron chi connectivity index (χ1n) is 5.49. The van der Waals surface area contributed by atoms with Gasteiger partial charge < -0.3 is 5.11 Å². The highest BCUT2D eigenvalue weighted by Crippen LogP contribution is 2.24. The van der Waals surface area contributed by atoms with Crippen LogP contribution in [-0.4, -0.2) is 11.1 Å². The molecule has 1 unspecified atom stereocenters. The van der Waals surface area contributed by atoms with E-state index in [0.717, 1.165) is 6.42 Å². The van der Waals surface area contributed by atoms with Crippen molar-refractivity contribution in [2.45, 2.75) is 32.6 Å². The Morgan fingerprint density at radius 2 is 2.06 bits per heavy atom. The van der Waals surface area contributed by atoms with Gasteiger partial charge in [-0.3, -0.25) is 4.79 Å². The Labute approximate surface area is 95.1 Å². The Bertz CT molecular complexity index is 361. The Balaban J connectivity index is 2.81. The van der Waals surface area contributed by atoms with E-state index in [4.69, 9.17) is 5.11 Å². The summed E-state index contributed by atoms with van der Waals surface area (Å²) < 4.78 is 13.0. The standard InChI is InChI=1S/C13H17FO2/c1-9(2)6-7-12(13(15)16)10-4-3-5-11(14)8-10/h3-5,8-9,12H,6-7H2,1-2H3,(H,15,16). The van der Waals surface area contributed by atoms with Crippen molar-refractivity contribution in [2.75, 3.05) is 0 Å². The van der Waals surface area contributed by atoms with Crippen molar-refractivity contribution < 1.29 is 14.3 Å². The van der Waals surface area contributed by atoms with Crippen molar-refractivity contribution in [3.05, 3.63) is 35.6 Å². The number of carboxylic acids is 1. The quantitative estimate of drug-likeness (QED) is 0.832. The third kappa shape index (κ3) is 3.65. The number of benzene rings is 1. The lowest BCUT2D eigenvalue weighted by atomic mass is 9.91. The van der Waals surface area contributed by atoms with E-state index in [9.17, 15) is 9.18 Å². The van der Waals surface area contributed by atoms with Crippen molar-refractivity contribution >= 4 is 5.97 Å². The Kier molecular flexibility index (Phi) is 4.47. The van der Waals surface area contributed by atoms with E-state index in [1.807, 2.05) is 13.8 Å². The van der Waals surface area contributed by atoms with Crippen molar-refractivity contribution in [1.29, 1.82) is 0 Å². The number of halogens is 1. The van der Waals surface area contributed by atoms with E-state index < -0.39 is 11.9 Å². The summed E-state index contributed by atoms with van der Waals surface area (Å²) in [4.78, 5) is 11.1. The Morgan fingerprint density at radius 1 is 1.38 bits per heavy atom. The lowest BCUT2D eigenvalue weighted by Gasteiger charge is -2.14. The molecule has 0 saturated carbocycles. The van der Waals surface area contributed by atoms with Gasteiger partial charge in [-0.05, 0) is 36.5 Å². The first-order chi connectivity index (χ1) is 7.50. The van der Waals surface area contributed by atoms with Crippen LogP contribution < -0.4 is 0 Å². The molecular weight excluding hydrogens is 207 g/mol. The first kappa shape index (κ1) is 12.7. The number of hydrogen-bond acceptors (Lipinski definition) is 1. The van der Waals surface area contributed by atoms with Crippen LogP contribution in [0.2, 0.25) is 0 Å². The largest absolute Gasteiger partial charge is 0.481 e. The summed E-state index contributed by atoms with van der Waals surface area (Å²) in [6, 6.07) is 5.85. The molecule has 0 aliphatic carbocycles. The summed E-state index contributed by atoms with van der Waals surface area (Å²) in [7, 11) is 0. The molecule has 0 saturated heterocycles. The molecule has 3 heteroatoms. The minimum absolute atomic E-state index is 0.381. The van der Waals surface area contributed by atoms with Crippen molar-refractivity contribution in [1.82, 2.24) is 0 Å². The topological polar surface area (TPSA) is 37.3 Å². The van der Waals surface area contributed by atoms with Crippen LogP contribution in [0.5, 0.6) is 0 Å². The predicted octanol–water partition coefficient (Wildman–Crippen LogP) is 3.43. The Morgan fingerprint density at radius 3 is 2.56 bits per heavy atom. The maximum Gasteiger partial charge on any atom is 0.310 e. The van der Waals surface area contributed by atoms with Gasteiger partial charge in [0, 0.05) is 0 Å². The molecule has 16 heavy (non-hydrogen) atoms. The number of rotatable bonds is 5. The Hall–Kier alpha value is -1.38. The lowest BCUT2D eigenvalue weighted by molar-refractivity contribution is -0.139. The third-order valence-electron chi connectivity index (χ3n) is 2.58. The fraction of sp³-hybridized carbons (Fsp3) is 0.462. The lowest BCUT2D eigenvalue weighted by Crippen LogP contribution is -2.12. The minimum Gasteiger partial charge on any atom is -0.481 e. The molecule has 2 nitrogen and oxygen atoms in total. The second kappa shape index (κ2) is 5.64. The molecule has 0 amide bonds. The maximum atomic E-state index is 13.0. The van der Waals surface area contributed by atoms with E-state index in [2.05, 4.69) is 0 Å². The number of aliphatic carboxylic acids is 1. The third-order valence-corrected chi connectivity index (χ3v) is 2.58. The first-order valence-corrected chi connectivity index (χ1v) is 5.49. The van der Waals surface area contributed by atoms with Gasteiger partial charge >= 0.3 is 5.97 Å². The fourth-order valence-corrected chi connectivity index (χ4v) is 1.66. The summed E-state index contributed by atoms with van der Waals surface area (Å²) in [5.41, 5.74) is 0.549. The highest BCUT2D eigenvalue weighted by Gasteiger charge is 2.20. The molecule has 0 heterocycles. The minimum atomic E-state index is -0.883. The summed E-state index contributed by atoms with van der Waals surface area (Å²) in [6.07, 6.45) is 1.38. The molecule has 0 aromatic heterocycles. The monoisotopic (exact) mass is 224 g/mol. The molecule has 0 spiro atoms. The van der Waals surface area contributed by atoms with Crippen molar-refractivity contribution in [3.63, 3.8) is 0 Å². The predicted molar refractivity (Wildman–Crippen MR) is 60.8 cm³/mol. The molecule has 88 valence electrons. The fourth-order valence-electron chi connectivity index (χ4n) is 1.66. The molecule has 0 fully saturated rings. The average molecular weight is 224 g/mol. The van der Waals surface area contributed by atoms with E-state index in [0.29, 0.717) is 17.9 Å². The molecular formula is C13H17FO2. The van der Waals surface area contributed by atoms with Gasteiger partial charge in [-0.2, -0.15) is 0 Å². The molecule has 0 aliphatic rings. The van der Waals surface area contributed by atoms with Crippen LogP contribution >= 0.6 is 0 Å². The summed E-state index contributed by atoms with van der Waals surface area (Å²) in [5.74, 6) is -1.41. The van der Waals surface area contributed by atoms with Gasteiger partial charge in [0.05, 0.1) is 5.92 Å². The molecule has 1 rings (SSSR count). The SMILES string of the molecule is CC(C)CCC(C(=O)O)c1cccc(F)c1. The normalized spacial score (nSPS) is 12.8. The van der Waals surface area contributed by atoms with Gasteiger partial charge in [-0.1, -0.05) is 26.0 Å². The highest BCUT2D eigenvalue weighted by atomic mass is 19.1. The molecule has 1 aromatic carbocycles. The highest BCUT2D eigenvalue weighted by molar-refractivity contribution is 5.76. The zero-order valence-electron chi connectivity index (χ0n) is 9.61. The zero-order valence-corrected chi connectivity index (χ0v) is 9.61. The van der Waals surface area contributed by atoms with Crippen LogP contribution in [0.15, 0.2) is 24.3 Å². The number of carboxylic acid groups (broad SMARTS) is 1. The second-order valence-electron chi connectivity index (χ2n) is 4.42. The molecule has 1 aromatic rings. The van der Waals surface area contributed by atoms with Crippen LogP contribution in [-0.2, 0) is 4.79 Å². The van der Waals surface area contributed by atoms with Crippen LogP contribution in [0.3, 0.4) is 0 Å². The van der Waals surface area contributed by atoms with Crippen LogP contribution in [0.1, 0.15) is 38.2 Å². The molecule has 1 atom stereocenters. The number of carbonyl (C=O) groups is 1. The van der Waals surface area contributed by atoms with Crippen LogP contribution in [0.25, 0.3) is 0 Å². The number of hydrogen-bond donors (Lipinski definition) is 1. The zero-order chi connectivity index (χ0) is 12.1. The second-order valence-corrected chi connectivity index (χ2v) is 4.42. The van der Waals surface area contributed by atoms with E-state index >= 15 is 0 Å². The van der Waals surface area contributed by atoms with Gasteiger partial charge in [-0.25, -0.2) is 4.39 Å². The molecule has 0 aliphatic heterocycles. The van der Waals surface area contributed by atoms with Gasteiger partial charge in [0.15, 0.2) is 0 Å². The van der Waals surface area contributed by atoms with E-state index in [1.54, 1.807) is 12.1 Å². The molecule has 0 radical (unpaired) electrons. The van der Waals surface area contributed by atoms with Gasteiger partial charge in [0.2, 0.25) is 0 Å².